The molecule has 1 atom stereocenters. The van der Waals surface area contributed by atoms with Crippen LogP contribution in [0.3, 0.4) is 0 Å². The van der Waals surface area contributed by atoms with Gasteiger partial charge in [0.25, 0.3) is 5.91 Å². The number of carbonyl (C=O) groups is 1. The number of rotatable bonds is 5. The molecule has 0 bridgehead atoms. The number of sulfone groups is 1. The van der Waals surface area contributed by atoms with Crippen LogP contribution in [-0.4, -0.2) is 30.8 Å². The Bertz CT molecular complexity index is 528. The maximum Gasteiger partial charge on any atom is 0.261 e. The Balaban J connectivity index is 2.45. The van der Waals surface area contributed by atoms with Crippen molar-refractivity contribution < 1.29 is 18.0 Å². The van der Waals surface area contributed by atoms with E-state index in [2.05, 4.69) is 10.5 Å². The SMILES string of the molecule is Cc1cccc(CONC(=O)C(C)S(C)(=O)=O)n1. The quantitative estimate of drug-likeness (QED) is 0.783. The van der Waals surface area contributed by atoms with Crippen molar-refractivity contribution in [2.75, 3.05) is 6.26 Å². The van der Waals surface area contributed by atoms with Gasteiger partial charge in [-0.05, 0) is 26.0 Å². The predicted octanol–water partition coefficient (Wildman–Crippen LogP) is 0.371. The Morgan fingerprint density at radius 1 is 1.50 bits per heavy atom. The van der Waals surface area contributed by atoms with Gasteiger partial charge in [0.1, 0.15) is 11.9 Å². The molecule has 0 aromatic carbocycles. The molecule has 1 unspecified atom stereocenters. The lowest BCUT2D eigenvalue weighted by atomic mass is 10.3. The van der Waals surface area contributed by atoms with Gasteiger partial charge in [0.2, 0.25) is 0 Å². The maximum absolute atomic E-state index is 11.4. The minimum absolute atomic E-state index is 0.0872. The van der Waals surface area contributed by atoms with Crippen LogP contribution in [0.25, 0.3) is 0 Å². The second-order valence-electron chi connectivity index (χ2n) is 4.00. The van der Waals surface area contributed by atoms with E-state index < -0.39 is 21.0 Å². The van der Waals surface area contributed by atoms with E-state index in [1.54, 1.807) is 6.07 Å². The topological polar surface area (TPSA) is 85.4 Å². The van der Waals surface area contributed by atoms with Crippen molar-refractivity contribution >= 4 is 15.7 Å². The summed E-state index contributed by atoms with van der Waals surface area (Å²) in [6.45, 7) is 3.23. The summed E-state index contributed by atoms with van der Waals surface area (Å²) in [6, 6.07) is 5.41. The lowest BCUT2D eigenvalue weighted by Gasteiger charge is -2.10. The summed E-state index contributed by atoms with van der Waals surface area (Å²) in [5.41, 5.74) is 3.59. The number of nitrogens with one attached hydrogen (secondary N) is 1. The van der Waals surface area contributed by atoms with Crippen LogP contribution in [0, 0.1) is 6.92 Å². The molecule has 1 aromatic rings. The zero-order chi connectivity index (χ0) is 13.8. The molecule has 1 N–H and O–H groups in total. The minimum Gasteiger partial charge on any atom is -0.271 e. The second-order valence-corrected chi connectivity index (χ2v) is 6.36. The fourth-order valence-electron chi connectivity index (χ4n) is 1.14. The largest absolute Gasteiger partial charge is 0.271 e. The van der Waals surface area contributed by atoms with Crippen LogP contribution < -0.4 is 5.48 Å². The first-order valence-corrected chi connectivity index (χ1v) is 7.29. The summed E-state index contributed by atoms with van der Waals surface area (Å²) < 4.78 is 22.2. The normalized spacial score (nSPS) is 13.1. The number of hydrogen-bond acceptors (Lipinski definition) is 5. The number of hydroxylamine groups is 1. The molecule has 7 heteroatoms. The molecule has 1 heterocycles. The van der Waals surface area contributed by atoms with Crippen LogP contribution in [-0.2, 0) is 26.1 Å². The summed E-state index contributed by atoms with van der Waals surface area (Å²) in [4.78, 5) is 20.5. The third-order valence-corrected chi connectivity index (χ3v) is 3.85. The van der Waals surface area contributed by atoms with E-state index in [1.807, 2.05) is 19.1 Å². The fourth-order valence-corrected chi connectivity index (χ4v) is 1.58. The average Bonchev–Trinajstić information content (AvgIpc) is 2.26. The highest BCUT2D eigenvalue weighted by Gasteiger charge is 2.23. The highest BCUT2D eigenvalue weighted by Crippen LogP contribution is 2.00. The average molecular weight is 272 g/mol. The molecule has 0 saturated carbocycles. The van der Waals surface area contributed by atoms with Gasteiger partial charge in [-0.2, -0.15) is 0 Å². The van der Waals surface area contributed by atoms with Gasteiger partial charge in [-0.15, -0.1) is 0 Å². The van der Waals surface area contributed by atoms with Crippen LogP contribution in [0.15, 0.2) is 18.2 Å². The van der Waals surface area contributed by atoms with E-state index in [0.29, 0.717) is 5.69 Å². The van der Waals surface area contributed by atoms with Crippen molar-refractivity contribution in [3.63, 3.8) is 0 Å². The minimum atomic E-state index is -3.41. The van der Waals surface area contributed by atoms with Crippen molar-refractivity contribution in [1.29, 1.82) is 0 Å². The molecule has 0 fully saturated rings. The zero-order valence-corrected chi connectivity index (χ0v) is 11.3. The Kier molecular flexibility index (Phi) is 4.80. The zero-order valence-electron chi connectivity index (χ0n) is 10.5. The smallest absolute Gasteiger partial charge is 0.261 e. The van der Waals surface area contributed by atoms with E-state index in [0.717, 1.165) is 11.9 Å². The molecule has 1 aromatic heterocycles. The van der Waals surface area contributed by atoms with Crippen LogP contribution in [0.5, 0.6) is 0 Å². The molecule has 0 radical (unpaired) electrons. The first-order chi connectivity index (χ1) is 8.30. The number of aromatic nitrogens is 1. The summed E-state index contributed by atoms with van der Waals surface area (Å²) in [5.74, 6) is -0.690. The van der Waals surface area contributed by atoms with E-state index in [-0.39, 0.29) is 6.61 Å². The monoisotopic (exact) mass is 272 g/mol. The summed E-state index contributed by atoms with van der Waals surface area (Å²) in [7, 11) is -3.41. The third-order valence-electron chi connectivity index (χ3n) is 2.35. The van der Waals surface area contributed by atoms with Crippen molar-refractivity contribution in [1.82, 2.24) is 10.5 Å². The van der Waals surface area contributed by atoms with Crippen molar-refractivity contribution in [2.45, 2.75) is 25.7 Å². The van der Waals surface area contributed by atoms with E-state index >= 15 is 0 Å². The third kappa shape index (κ3) is 4.42. The lowest BCUT2D eigenvalue weighted by Crippen LogP contribution is -2.37. The van der Waals surface area contributed by atoms with E-state index in [9.17, 15) is 13.2 Å². The Morgan fingerprint density at radius 3 is 2.72 bits per heavy atom. The van der Waals surface area contributed by atoms with Gasteiger partial charge < -0.3 is 0 Å². The van der Waals surface area contributed by atoms with Crippen LogP contribution in [0.2, 0.25) is 0 Å². The number of pyridine rings is 1. The molecule has 6 nitrogen and oxygen atoms in total. The van der Waals surface area contributed by atoms with Gasteiger partial charge in [-0.1, -0.05) is 6.07 Å². The number of nitrogens with zero attached hydrogens (tertiary/aromatic N) is 1. The number of carbonyl (C=O) groups excluding carboxylic acids is 1. The van der Waals surface area contributed by atoms with Gasteiger partial charge in [-0.25, -0.2) is 13.9 Å². The number of amides is 1. The maximum atomic E-state index is 11.4. The number of aryl methyl sites for hydroxylation is 1. The molecule has 0 aliphatic rings. The Hall–Kier alpha value is -1.47. The molecule has 0 aliphatic heterocycles. The molecular weight excluding hydrogens is 256 g/mol. The lowest BCUT2D eigenvalue weighted by molar-refractivity contribution is -0.133. The summed E-state index contributed by atoms with van der Waals surface area (Å²) >= 11 is 0. The molecule has 1 rings (SSSR count). The van der Waals surface area contributed by atoms with Gasteiger partial charge in [0.15, 0.2) is 9.84 Å². The summed E-state index contributed by atoms with van der Waals surface area (Å²) in [6.07, 6.45) is 0.999. The summed E-state index contributed by atoms with van der Waals surface area (Å²) in [5, 5.41) is -1.14. The van der Waals surface area contributed by atoms with Crippen LogP contribution >= 0.6 is 0 Å². The first-order valence-electron chi connectivity index (χ1n) is 5.34. The Labute approximate surface area is 106 Å². The standard InChI is InChI=1S/C11H16N2O4S/c1-8-5-4-6-10(12-8)7-17-13-11(14)9(2)18(3,15)16/h4-6,9H,7H2,1-3H3,(H,13,14). The van der Waals surface area contributed by atoms with E-state index in [1.165, 1.54) is 6.92 Å². The molecule has 1 amide bonds. The van der Waals surface area contributed by atoms with Crippen molar-refractivity contribution in [2.24, 2.45) is 0 Å². The van der Waals surface area contributed by atoms with Gasteiger partial charge in [-0.3, -0.25) is 14.6 Å². The van der Waals surface area contributed by atoms with Crippen molar-refractivity contribution in [3.8, 4) is 0 Å². The first kappa shape index (κ1) is 14.6. The highest BCUT2D eigenvalue weighted by atomic mass is 32.2. The fraction of sp³-hybridized carbons (Fsp3) is 0.455. The van der Waals surface area contributed by atoms with Gasteiger partial charge in [0.05, 0.1) is 5.69 Å². The molecule has 100 valence electrons. The second kappa shape index (κ2) is 5.92. The van der Waals surface area contributed by atoms with Crippen LogP contribution in [0.1, 0.15) is 18.3 Å². The van der Waals surface area contributed by atoms with Gasteiger partial charge in [0, 0.05) is 11.9 Å². The Morgan fingerprint density at radius 2 is 2.17 bits per heavy atom. The molecule has 0 aliphatic carbocycles. The molecule has 0 saturated heterocycles. The van der Waals surface area contributed by atoms with E-state index in [4.69, 9.17) is 4.84 Å². The highest BCUT2D eigenvalue weighted by molar-refractivity contribution is 7.92. The molecule has 18 heavy (non-hydrogen) atoms. The predicted molar refractivity (Wildman–Crippen MR) is 66.2 cm³/mol. The van der Waals surface area contributed by atoms with Crippen LogP contribution in [0.4, 0.5) is 0 Å². The molecular formula is C11H16N2O4S. The van der Waals surface area contributed by atoms with Gasteiger partial charge >= 0.3 is 0 Å². The van der Waals surface area contributed by atoms with Crippen molar-refractivity contribution in [3.05, 3.63) is 29.6 Å². The molecule has 0 spiro atoms. The number of hydrogen-bond donors (Lipinski definition) is 1.